The minimum absolute atomic E-state index is 0.0757. The van der Waals surface area contributed by atoms with Gasteiger partial charge >= 0.3 is 18.0 Å². The maximum atomic E-state index is 12.7. The third kappa shape index (κ3) is 5.56. The Morgan fingerprint density at radius 1 is 1.03 bits per heavy atom. The zero-order valence-corrected chi connectivity index (χ0v) is 15.9. The van der Waals surface area contributed by atoms with E-state index in [2.05, 4.69) is 5.10 Å². The summed E-state index contributed by atoms with van der Waals surface area (Å²) in [6.45, 7) is 0. The number of hydrazone groups is 1. The number of nitrogens with zero attached hydrogens (tertiary/aromatic N) is 2. The van der Waals surface area contributed by atoms with Crippen molar-refractivity contribution in [2.24, 2.45) is 5.10 Å². The Kier molecular flexibility index (Phi) is 6.33. The second-order valence-corrected chi connectivity index (χ2v) is 6.24. The minimum atomic E-state index is -4.59. The van der Waals surface area contributed by atoms with Crippen LogP contribution in [0.2, 0.25) is 0 Å². The molecule has 2 amide bonds. The van der Waals surface area contributed by atoms with Gasteiger partial charge in [-0.05, 0) is 42.5 Å². The van der Waals surface area contributed by atoms with Gasteiger partial charge in [0.1, 0.15) is 11.5 Å². The van der Waals surface area contributed by atoms with Crippen molar-refractivity contribution in [1.29, 1.82) is 0 Å². The Hall–Kier alpha value is -4.48. The summed E-state index contributed by atoms with van der Waals surface area (Å²) in [4.78, 5) is 33.8. The van der Waals surface area contributed by atoms with Crippen molar-refractivity contribution in [3.05, 3.63) is 82.1 Å². The van der Waals surface area contributed by atoms with Gasteiger partial charge in [0, 0.05) is 23.4 Å². The SMILES string of the molecule is O=C(N/N=C/c1ccc(-c2ccc([N+](=O)[O-])cc2)o1)C(=O)Nc1cccc(C(F)(F)F)c1. The summed E-state index contributed by atoms with van der Waals surface area (Å²) in [5.74, 6) is -1.83. The first-order chi connectivity index (χ1) is 15.1. The van der Waals surface area contributed by atoms with Crippen molar-refractivity contribution in [2.75, 3.05) is 5.32 Å². The van der Waals surface area contributed by atoms with Crippen LogP contribution in [0.25, 0.3) is 11.3 Å². The van der Waals surface area contributed by atoms with Gasteiger partial charge in [-0.1, -0.05) is 6.07 Å². The molecule has 0 saturated carbocycles. The lowest BCUT2D eigenvalue weighted by atomic mass is 10.1. The molecule has 0 aliphatic heterocycles. The van der Waals surface area contributed by atoms with Crippen LogP contribution < -0.4 is 10.7 Å². The van der Waals surface area contributed by atoms with Gasteiger partial charge in [0.2, 0.25) is 0 Å². The summed E-state index contributed by atoms with van der Waals surface area (Å²) in [6, 6.07) is 12.5. The molecule has 0 unspecified atom stereocenters. The highest BCUT2D eigenvalue weighted by Crippen LogP contribution is 2.30. The lowest BCUT2D eigenvalue weighted by molar-refractivity contribution is -0.384. The maximum Gasteiger partial charge on any atom is 0.416 e. The first kappa shape index (κ1) is 22.2. The summed E-state index contributed by atoms with van der Waals surface area (Å²) in [5, 5.41) is 16.3. The minimum Gasteiger partial charge on any atom is -0.455 e. The van der Waals surface area contributed by atoms with Gasteiger partial charge in [-0.2, -0.15) is 18.3 Å². The third-order valence-corrected chi connectivity index (χ3v) is 4.00. The molecule has 2 N–H and O–H groups in total. The lowest BCUT2D eigenvalue weighted by Crippen LogP contribution is -2.32. The molecular formula is C20H13F3N4O5. The third-order valence-electron chi connectivity index (χ3n) is 4.00. The quantitative estimate of drug-likeness (QED) is 0.265. The highest BCUT2D eigenvalue weighted by atomic mass is 19.4. The molecule has 164 valence electrons. The van der Waals surface area contributed by atoms with Crippen molar-refractivity contribution in [3.63, 3.8) is 0 Å². The van der Waals surface area contributed by atoms with Gasteiger partial charge in [0.05, 0.1) is 16.7 Å². The van der Waals surface area contributed by atoms with Crippen molar-refractivity contribution < 1.29 is 32.1 Å². The van der Waals surface area contributed by atoms with Gasteiger partial charge in [0.15, 0.2) is 0 Å². The molecule has 9 nitrogen and oxygen atoms in total. The van der Waals surface area contributed by atoms with E-state index in [0.717, 1.165) is 18.3 Å². The molecule has 1 heterocycles. The predicted molar refractivity (Wildman–Crippen MR) is 107 cm³/mol. The molecule has 0 radical (unpaired) electrons. The largest absolute Gasteiger partial charge is 0.455 e. The highest BCUT2D eigenvalue weighted by molar-refractivity contribution is 6.39. The van der Waals surface area contributed by atoms with Crippen LogP contribution in [-0.4, -0.2) is 23.0 Å². The molecule has 12 heteroatoms. The Labute approximate surface area is 177 Å². The first-order valence-corrected chi connectivity index (χ1v) is 8.80. The van der Waals surface area contributed by atoms with E-state index in [1.165, 1.54) is 36.4 Å². The van der Waals surface area contributed by atoms with Crippen LogP contribution >= 0.6 is 0 Å². The zero-order chi connectivity index (χ0) is 23.3. The Morgan fingerprint density at radius 3 is 2.41 bits per heavy atom. The predicted octanol–water partition coefficient (Wildman–Crippen LogP) is 3.96. The number of rotatable bonds is 5. The molecular weight excluding hydrogens is 433 g/mol. The summed E-state index contributed by atoms with van der Waals surface area (Å²) >= 11 is 0. The molecule has 2 aromatic carbocycles. The second-order valence-electron chi connectivity index (χ2n) is 6.24. The van der Waals surface area contributed by atoms with Crippen LogP contribution in [0.1, 0.15) is 11.3 Å². The van der Waals surface area contributed by atoms with Crippen LogP contribution in [0.3, 0.4) is 0 Å². The lowest BCUT2D eigenvalue weighted by Gasteiger charge is -2.09. The number of nitrogens with one attached hydrogen (secondary N) is 2. The molecule has 0 spiro atoms. The number of hydrogen-bond donors (Lipinski definition) is 2. The van der Waals surface area contributed by atoms with Gasteiger partial charge in [-0.3, -0.25) is 19.7 Å². The van der Waals surface area contributed by atoms with Crippen molar-refractivity contribution in [2.45, 2.75) is 6.18 Å². The number of carbonyl (C=O) groups is 2. The van der Waals surface area contributed by atoms with Gasteiger partial charge < -0.3 is 9.73 Å². The standard InChI is InChI=1S/C20H13F3N4O5/c21-20(22,23)13-2-1-3-14(10-13)25-18(28)19(29)26-24-11-16-8-9-17(32-16)12-4-6-15(7-5-12)27(30)31/h1-11H,(H,25,28)(H,26,29)/b24-11+. The fourth-order valence-corrected chi connectivity index (χ4v) is 2.49. The van der Waals surface area contributed by atoms with E-state index in [0.29, 0.717) is 17.4 Å². The Bertz CT molecular complexity index is 1190. The molecule has 3 rings (SSSR count). The molecule has 0 aliphatic carbocycles. The van der Waals surface area contributed by atoms with Crippen LogP contribution in [-0.2, 0) is 15.8 Å². The Balaban J connectivity index is 1.57. The van der Waals surface area contributed by atoms with E-state index < -0.39 is 28.5 Å². The number of benzene rings is 2. The fraction of sp³-hybridized carbons (Fsp3) is 0.0500. The first-order valence-electron chi connectivity index (χ1n) is 8.80. The van der Waals surface area contributed by atoms with E-state index in [1.54, 1.807) is 6.07 Å². The second kappa shape index (κ2) is 9.12. The number of anilines is 1. The number of non-ortho nitro benzene ring substituents is 1. The number of carbonyl (C=O) groups excluding carboxylic acids is 2. The van der Waals surface area contributed by atoms with Crippen molar-refractivity contribution in [3.8, 4) is 11.3 Å². The van der Waals surface area contributed by atoms with E-state index in [9.17, 15) is 32.9 Å². The molecule has 3 aromatic rings. The molecule has 32 heavy (non-hydrogen) atoms. The van der Waals surface area contributed by atoms with Gasteiger partial charge in [-0.25, -0.2) is 5.43 Å². The molecule has 1 aromatic heterocycles. The van der Waals surface area contributed by atoms with E-state index >= 15 is 0 Å². The highest BCUT2D eigenvalue weighted by Gasteiger charge is 2.30. The normalized spacial score (nSPS) is 11.3. The number of amides is 2. The average molecular weight is 446 g/mol. The number of nitro benzene ring substituents is 1. The number of halogens is 3. The monoisotopic (exact) mass is 446 g/mol. The zero-order valence-electron chi connectivity index (χ0n) is 15.9. The van der Waals surface area contributed by atoms with Gasteiger partial charge in [-0.15, -0.1) is 0 Å². The van der Waals surface area contributed by atoms with Crippen LogP contribution in [0.15, 0.2) is 70.2 Å². The number of alkyl halides is 3. The van der Waals surface area contributed by atoms with Crippen molar-refractivity contribution >= 4 is 29.4 Å². The van der Waals surface area contributed by atoms with Crippen LogP contribution in [0.5, 0.6) is 0 Å². The fourth-order valence-electron chi connectivity index (χ4n) is 2.49. The summed E-state index contributed by atoms with van der Waals surface area (Å²) in [5.41, 5.74) is 1.24. The van der Waals surface area contributed by atoms with Gasteiger partial charge in [0.25, 0.3) is 5.69 Å². The molecule has 0 bridgehead atoms. The summed E-state index contributed by atoms with van der Waals surface area (Å²) < 4.78 is 43.6. The van der Waals surface area contributed by atoms with Crippen LogP contribution in [0.4, 0.5) is 24.5 Å². The van der Waals surface area contributed by atoms with Crippen molar-refractivity contribution in [1.82, 2.24) is 5.43 Å². The summed E-state index contributed by atoms with van der Waals surface area (Å²) in [7, 11) is 0. The van der Waals surface area contributed by atoms with E-state index in [4.69, 9.17) is 4.42 Å². The molecule has 0 aliphatic rings. The molecule has 0 fully saturated rings. The smallest absolute Gasteiger partial charge is 0.416 e. The summed E-state index contributed by atoms with van der Waals surface area (Å²) in [6.07, 6.45) is -3.49. The molecule has 0 atom stereocenters. The van der Waals surface area contributed by atoms with E-state index in [-0.39, 0.29) is 17.1 Å². The van der Waals surface area contributed by atoms with E-state index in [1.807, 2.05) is 10.7 Å². The number of hydrogen-bond acceptors (Lipinski definition) is 6. The maximum absolute atomic E-state index is 12.7. The average Bonchev–Trinajstić information content (AvgIpc) is 3.22. The van der Waals surface area contributed by atoms with Crippen LogP contribution in [0, 0.1) is 10.1 Å². The Morgan fingerprint density at radius 2 is 1.75 bits per heavy atom. The molecule has 0 saturated heterocycles. The number of furan rings is 1. The topological polar surface area (TPSA) is 127 Å². The number of nitro groups is 1.